The van der Waals surface area contributed by atoms with Gasteiger partial charge in [0.1, 0.15) is 11.3 Å². The number of hydrogen-bond donors (Lipinski definition) is 1. The van der Waals surface area contributed by atoms with E-state index in [-0.39, 0.29) is 17.1 Å². The summed E-state index contributed by atoms with van der Waals surface area (Å²) in [5, 5.41) is 0. The van der Waals surface area contributed by atoms with Crippen molar-refractivity contribution in [2.75, 3.05) is 7.11 Å². The number of esters is 1. The monoisotopic (exact) mass is 195 g/mol. The topological polar surface area (TPSA) is 82.5 Å². The highest BCUT2D eigenvalue weighted by Gasteiger charge is 2.18. The minimum absolute atomic E-state index is 0.0969. The van der Waals surface area contributed by atoms with Gasteiger partial charge in [-0.3, -0.25) is 4.79 Å². The molecule has 0 spiro atoms. The van der Waals surface area contributed by atoms with Gasteiger partial charge < -0.3 is 14.9 Å². The van der Waals surface area contributed by atoms with Crippen LogP contribution in [0.1, 0.15) is 26.7 Å². The molecule has 0 aliphatic carbocycles. The Kier molecular flexibility index (Phi) is 2.71. The van der Waals surface area contributed by atoms with Crippen LogP contribution >= 0.6 is 0 Å². The lowest BCUT2D eigenvalue weighted by molar-refractivity contribution is 0.0599. The molecule has 1 heterocycles. The molecule has 0 aromatic carbocycles. The number of furan rings is 1. The highest BCUT2D eigenvalue weighted by Crippen LogP contribution is 2.17. The van der Waals surface area contributed by atoms with E-state index in [0.29, 0.717) is 0 Å². The van der Waals surface area contributed by atoms with E-state index in [0.717, 1.165) is 0 Å². The number of carbonyl (C=O) groups is 2. The Balaban J connectivity index is 3.21. The summed E-state index contributed by atoms with van der Waals surface area (Å²) in [6, 6.07) is 1.23. The third kappa shape index (κ3) is 1.66. The Morgan fingerprint density at radius 3 is 2.71 bits per heavy atom. The molecule has 1 aromatic heterocycles. The van der Waals surface area contributed by atoms with Crippen molar-refractivity contribution in [3.63, 3.8) is 0 Å². The van der Waals surface area contributed by atoms with Crippen LogP contribution in [0.2, 0.25) is 0 Å². The third-order valence-corrected chi connectivity index (χ3v) is 1.59. The lowest BCUT2D eigenvalue weighted by atomic mass is 10.2. The molecule has 0 unspecified atom stereocenters. The molecule has 5 nitrogen and oxygen atoms in total. The van der Waals surface area contributed by atoms with Gasteiger partial charge >= 0.3 is 5.97 Å². The van der Waals surface area contributed by atoms with Crippen LogP contribution in [-0.2, 0) is 4.74 Å². The number of amides is 1. The van der Waals surface area contributed by atoms with E-state index < -0.39 is 11.9 Å². The molecular formula is C9H9NO4. The number of ether oxygens (including phenoxy) is 1. The number of hydrogen-bond acceptors (Lipinski definition) is 4. The Bertz CT molecular complexity index is 392. The van der Waals surface area contributed by atoms with Crippen LogP contribution < -0.4 is 5.73 Å². The summed E-state index contributed by atoms with van der Waals surface area (Å²) in [5.41, 5.74) is 5.11. The molecule has 0 fully saturated rings. The zero-order valence-electron chi connectivity index (χ0n) is 7.57. The zero-order chi connectivity index (χ0) is 10.7. The number of nitrogens with two attached hydrogens (primary N) is 1. The van der Waals surface area contributed by atoms with Gasteiger partial charge in [0, 0.05) is 6.07 Å². The summed E-state index contributed by atoms with van der Waals surface area (Å²) >= 11 is 0. The van der Waals surface area contributed by atoms with Crippen molar-refractivity contribution in [2.24, 2.45) is 5.73 Å². The summed E-state index contributed by atoms with van der Waals surface area (Å²) in [6.07, 6.45) is 1.30. The Morgan fingerprint density at radius 2 is 2.29 bits per heavy atom. The van der Waals surface area contributed by atoms with Crippen molar-refractivity contribution >= 4 is 18.0 Å². The Morgan fingerprint density at radius 1 is 1.64 bits per heavy atom. The lowest BCUT2D eigenvalue weighted by Gasteiger charge is -1.94. The smallest absolute Gasteiger partial charge is 0.341 e. The molecule has 2 N–H and O–H groups in total. The van der Waals surface area contributed by atoms with Crippen molar-refractivity contribution in [3.8, 4) is 0 Å². The van der Waals surface area contributed by atoms with Crippen LogP contribution in [0, 0.1) is 0 Å². The second kappa shape index (κ2) is 3.78. The van der Waals surface area contributed by atoms with E-state index in [9.17, 15) is 9.59 Å². The zero-order valence-corrected chi connectivity index (χ0v) is 7.57. The fourth-order valence-corrected chi connectivity index (χ4v) is 0.948. The quantitative estimate of drug-likeness (QED) is 0.723. The molecule has 0 saturated heterocycles. The van der Waals surface area contributed by atoms with Gasteiger partial charge in [-0.1, -0.05) is 6.58 Å². The molecule has 14 heavy (non-hydrogen) atoms. The van der Waals surface area contributed by atoms with Crippen LogP contribution in [0.5, 0.6) is 0 Å². The lowest BCUT2D eigenvalue weighted by Crippen LogP contribution is -2.09. The van der Waals surface area contributed by atoms with E-state index >= 15 is 0 Å². The van der Waals surface area contributed by atoms with Crippen molar-refractivity contribution in [1.82, 2.24) is 0 Å². The number of primary amides is 1. The van der Waals surface area contributed by atoms with Gasteiger partial charge in [-0.05, 0) is 6.08 Å². The maximum absolute atomic E-state index is 11.1. The summed E-state index contributed by atoms with van der Waals surface area (Å²) in [4.78, 5) is 21.9. The predicted molar refractivity (Wildman–Crippen MR) is 48.7 cm³/mol. The first-order chi connectivity index (χ1) is 6.60. The van der Waals surface area contributed by atoms with Crippen LogP contribution in [0.4, 0.5) is 0 Å². The number of methoxy groups -OCH3 is 1. The first-order valence-electron chi connectivity index (χ1n) is 3.74. The van der Waals surface area contributed by atoms with Gasteiger partial charge in [0.15, 0.2) is 5.76 Å². The maximum Gasteiger partial charge on any atom is 0.341 e. The van der Waals surface area contributed by atoms with E-state index in [1.54, 1.807) is 0 Å². The van der Waals surface area contributed by atoms with E-state index in [1.807, 2.05) is 0 Å². The normalized spacial score (nSPS) is 9.50. The SMILES string of the molecule is C=Cc1oc(C(N)=O)cc1C(=O)OC. The highest BCUT2D eigenvalue weighted by molar-refractivity contribution is 5.97. The second-order valence-corrected chi connectivity index (χ2v) is 2.45. The molecule has 1 amide bonds. The molecule has 1 rings (SSSR count). The van der Waals surface area contributed by atoms with Gasteiger partial charge in [0.2, 0.25) is 0 Å². The van der Waals surface area contributed by atoms with Crippen molar-refractivity contribution in [3.05, 3.63) is 29.7 Å². The average molecular weight is 195 g/mol. The average Bonchev–Trinajstić information content (AvgIpc) is 2.60. The molecule has 1 aromatic rings. The fraction of sp³-hybridized carbons (Fsp3) is 0.111. The number of rotatable bonds is 3. The predicted octanol–water partition coefficient (Wildman–Crippen LogP) is 0.808. The van der Waals surface area contributed by atoms with E-state index in [1.165, 1.54) is 19.3 Å². The van der Waals surface area contributed by atoms with Crippen molar-refractivity contribution in [2.45, 2.75) is 0 Å². The highest BCUT2D eigenvalue weighted by atomic mass is 16.5. The standard InChI is InChI=1S/C9H9NO4/c1-3-6-5(9(12)13-2)4-7(14-6)8(10)11/h3-4H,1H2,2H3,(H2,10,11). The minimum atomic E-state index is -0.747. The van der Waals surface area contributed by atoms with E-state index in [4.69, 9.17) is 10.2 Å². The van der Waals surface area contributed by atoms with Crippen LogP contribution in [0.3, 0.4) is 0 Å². The van der Waals surface area contributed by atoms with Crippen molar-refractivity contribution < 1.29 is 18.7 Å². The first kappa shape index (κ1) is 10.0. The molecule has 0 atom stereocenters. The van der Waals surface area contributed by atoms with Gasteiger partial charge in [-0.15, -0.1) is 0 Å². The first-order valence-corrected chi connectivity index (χ1v) is 3.74. The van der Waals surface area contributed by atoms with Gasteiger partial charge in [-0.2, -0.15) is 0 Å². The molecule has 0 aliphatic rings. The molecule has 74 valence electrons. The second-order valence-electron chi connectivity index (χ2n) is 2.45. The summed E-state index contributed by atoms with van der Waals surface area (Å²) in [7, 11) is 1.23. The van der Waals surface area contributed by atoms with Crippen LogP contribution in [-0.4, -0.2) is 19.0 Å². The van der Waals surface area contributed by atoms with Crippen molar-refractivity contribution in [1.29, 1.82) is 0 Å². The largest absolute Gasteiger partial charge is 0.465 e. The van der Waals surface area contributed by atoms with E-state index in [2.05, 4.69) is 11.3 Å². The summed E-state index contributed by atoms with van der Waals surface area (Å²) in [6.45, 7) is 3.43. The molecule has 0 radical (unpaired) electrons. The Hall–Kier alpha value is -2.04. The molecule has 5 heteroatoms. The third-order valence-electron chi connectivity index (χ3n) is 1.59. The summed E-state index contributed by atoms with van der Waals surface area (Å²) in [5.74, 6) is -1.27. The molecule has 0 aliphatic heterocycles. The van der Waals surface area contributed by atoms with Crippen LogP contribution in [0.25, 0.3) is 6.08 Å². The molecular weight excluding hydrogens is 186 g/mol. The van der Waals surface area contributed by atoms with Gasteiger partial charge in [0.05, 0.1) is 7.11 Å². The minimum Gasteiger partial charge on any atom is -0.465 e. The summed E-state index contributed by atoms with van der Waals surface area (Å²) < 4.78 is 9.43. The van der Waals surface area contributed by atoms with Gasteiger partial charge in [0.25, 0.3) is 5.91 Å². The number of carbonyl (C=O) groups excluding carboxylic acids is 2. The fourth-order valence-electron chi connectivity index (χ4n) is 0.948. The molecule has 0 saturated carbocycles. The van der Waals surface area contributed by atoms with Gasteiger partial charge in [-0.25, -0.2) is 4.79 Å². The van der Waals surface area contributed by atoms with Crippen LogP contribution in [0.15, 0.2) is 17.1 Å². The maximum atomic E-state index is 11.1. The Labute approximate surface area is 80.1 Å². The molecule has 0 bridgehead atoms.